The Morgan fingerprint density at radius 2 is 1.73 bits per heavy atom. The molecule has 1 unspecified atom stereocenters. The number of hydrogen-bond acceptors (Lipinski definition) is 2. The number of aryl methyl sites for hydroxylation is 1. The van der Waals surface area contributed by atoms with E-state index in [4.69, 9.17) is 4.55 Å². The summed E-state index contributed by atoms with van der Waals surface area (Å²) in [5, 5.41) is 0. The van der Waals surface area contributed by atoms with Crippen LogP contribution in [-0.4, -0.2) is 18.7 Å². The normalized spacial score (nSPS) is 19.2. The predicted octanol–water partition coefficient (Wildman–Crippen LogP) is 4.72. The first-order chi connectivity index (χ1) is 10.3. The maximum absolute atomic E-state index is 10.8. The summed E-state index contributed by atoms with van der Waals surface area (Å²) in [6, 6.07) is 8.82. The Labute approximate surface area is 134 Å². The van der Waals surface area contributed by atoms with Crippen molar-refractivity contribution < 1.29 is 13.0 Å². The highest BCUT2D eigenvalue weighted by atomic mass is 32.2. The third kappa shape index (κ3) is 4.56. The summed E-state index contributed by atoms with van der Waals surface area (Å²) in [7, 11) is -3.82. The van der Waals surface area contributed by atoms with Crippen LogP contribution in [0.2, 0.25) is 0 Å². The molecule has 124 valence electrons. The molecule has 1 aliphatic carbocycles. The van der Waals surface area contributed by atoms with Gasteiger partial charge in [0.05, 0.1) is 5.75 Å². The molecule has 0 aliphatic heterocycles. The maximum Gasteiger partial charge on any atom is 0.264 e. The molecule has 0 amide bonds. The molecule has 1 aromatic rings. The first kappa shape index (κ1) is 17.5. The number of benzene rings is 1. The second-order valence-corrected chi connectivity index (χ2v) is 8.52. The van der Waals surface area contributed by atoms with Crippen LogP contribution in [0.3, 0.4) is 0 Å². The van der Waals surface area contributed by atoms with Crippen LogP contribution in [0.25, 0.3) is 0 Å². The van der Waals surface area contributed by atoms with E-state index in [0.717, 1.165) is 12.8 Å². The van der Waals surface area contributed by atoms with Crippen molar-refractivity contribution in [3.05, 3.63) is 35.4 Å². The van der Waals surface area contributed by atoms with Crippen LogP contribution >= 0.6 is 0 Å². The van der Waals surface area contributed by atoms with Crippen molar-refractivity contribution in [3.63, 3.8) is 0 Å². The van der Waals surface area contributed by atoms with E-state index < -0.39 is 10.1 Å². The van der Waals surface area contributed by atoms with E-state index in [0.29, 0.717) is 17.8 Å². The zero-order valence-corrected chi connectivity index (χ0v) is 14.5. The number of rotatable bonds is 7. The van der Waals surface area contributed by atoms with Crippen molar-refractivity contribution in [3.8, 4) is 0 Å². The second-order valence-electron chi connectivity index (χ2n) is 6.94. The molecule has 1 atom stereocenters. The van der Waals surface area contributed by atoms with Crippen molar-refractivity contribution >= 4 is 10.1 Å². The summed E-state index contributed by atoms with van der Waals surface area (Å²) in [4.78, 5) is 0. The predicted molar refractivity (Wildman–Crippen MR) is 90.8 cm³/mol. The van der Waals surface area contributed by atoms with Crippen LogP contribution in [0.1, 0.15) is 68.9 Å². The molecular formula is C18H28O3S. The van der Waals surface area contributed by atoms with Crippen molar-refractivity contribution in [2.45, 2.75) is 64.7 Å². The largest absolute Gasteiger partial charge is 0.286 e. The Morgan fingerprint density at radius 1 is 1.14 bits per heavy atom. The molecule has 22 heavy (non-hydrogen) atoms. The standard InChI is InChI=1S/C18H28O3S/c1-15-7-9-17(10-8-15)16(2)18(11-3-4-12-18)13-5-6-14-22(19,20)21/h7-10,16H,3-6,11-14H2,1-2H3,(H,19,20,21). The summed E-state index contributed by atoms with van der Waals surface area (Å²) in [6.07, 6.45) is 7.49. The molecule has 0 saturated heterocycles. The van der Waals surface area contributed by atoms with E-state index in [2.05, 4.69) is 38.1 Å². The van der Waals surface area contributed by atoms with Gasteiger partial charge in [-0.2, -0.15) is 8.42 Å². The minimum Gasteiger partial charge on any atom is -0.286 e. The minimum atomic E-state index is -3.82. The quantitative estimate of drug-likeness (QED) is 0.583. The Kier molecular flexibility index (Phi) is 5.67. The Balaban J connectivity index is 2.02. The summed E-state index contributed by atoms with van der Waals surface area (Å²) in [5.41, 5.74) is 2.97. The summed E-state index contributed by atoms with van der Waals surface area (Å²) >= 11 is 0. The van der Waals surface area contributed by atoms with Gasteiger partial charge in [0.25, 0.3) is 10.1 Å². The fraction of sp³-hybridized carbons (Fsp3) is 0.667. The third-order valence-corrected chi connectivity index (χ3v) is 6.23. The van der Waals surface area contributed by atoms with E-state index >= 15 is 0 Å². The average molecular weight is 324 g/mol. The molecule has 0 spiro atoms. The number of unbranched alkanes of at least 4 members (excludes halogenated alkanes) is 1. The molecule has 2 rings (SSSR count). The molecule has 1 aliphatic rings. The molecule has 4 heteroatoms. The summed E-state index contributed by atoms with van der Waals surface area (Å²) in [6.45, 7) is 4.42. The lowest BCUT2D eigenvalue weighted by molar-refractivity contribution is 0.214. The van der Waals surface area contributed by atoms with Crippen LogP contribution in [0.5, 0.6) is 0 Å². The Bertz CT molecular complexity index is 569. The maximum atomic E-state index is 10.8. The monoisotopic (exact) mass is 324 g/mol. The highest BCUT2D eigenvalue weighted by Gasteiger charge is 2.38. The summed E-state index contributed by atoms with van der Waals surface area (Å²) in [5.74, 6) is 0.392. The Hall–Kier alpha value is -0.870. The van der Waals surface area contributed by atoms with Gasteiger partial charge < -0.3 is 0 Å². The van der Waals surface area contributed by atoms with Gasteiger partial charge in [-0.3, -0.25) is 4.55 Å². The van der Waals surface area contributed by atoms with E-state index in [1.807, 2.05) is 0 Å². The van der Waals surface area contributed by atoms with E-state index in [9.17, 15) is 8.42 Å². The fourth-order valence-electron chi connectivity index (χ4n) is 3.95. The van der Waals surface area contributed by atoms with Gasteiger partial charge in [-0.25, -0.2) is 0 Å². The van der Waals surface area contributed by atoms with Gasteiger partial charge in [0.2, 0.25) is 0 Å². The van der Waals surface area contributed by atoms with Crippen molar-refractivity contribution in [2.75, 3.05) is 5.75 Å². The molecule has 0 aromatic heterocycles. The van der Waals surface area contributed by atoms with Gasteiger partial charge in [-0.05, 0) is 49.5 Å². The van der Waals surface area contributed by atoms with Crippen molar-refractivity contribution in [2.24, 2.45) is 5.41 Å². The second kappa shape index (κ2) is 7.14. The average Bonchev–Trinajstić information content (AvgIpc) is 2.93. The smallest absolute Gasteiger partial charge is 0.264 e. The van der Waals surface area contributed by atoms with Crippen LogP contribution in [0.15, 0.2) is 24.3 Å². The van der Waals surface area contributed by atoms with Gasteiger partial charge >= 0.3 is 0 Å². The lowest BCUT2D eigenvalue weighted by atomic mass is 9.68. The van der Waals surface area contributed by atoms with Gasteiger partial charge in [-0.1, -0.05) is 56.0 Å². The topological polar surface area (TPSA) is 54.4 Å². The molecule has 1 N–H and O–H groups in total. The highest BCUT2D eigenvalue weighted by molar-refractivity contribution is 7.85. The zero-order chi connectivity index (χ0) is 16.2. The molecular weight excluding hydrogens is 296 g/mol. The minimum absolute atomic E-state index is 0.109. The van der Waals surface area contributed by atoms with E-state index in [-0.39, 0.29) is 5.75 Å². The summed E-state index contributed by atoms with van der Waals surface area (Å²) < 4.78 is 30.6. The van der Waals surface area contributed by atoms with E-state index in [1.54, 1.807) is 0 Å². The molecule has 1 fully saturated rings. The Morgan fingerprint density at radius 3 is 2.27 bits per heavy atom. The number of hydrogen-bond donors (Lipinski definition) is 1. The molecule has 1 aromatic carbocycles. The fourth-order valence-corrected chi connectivity index (χ4v) is 4.52. The lowest BCUT2D eigenvalue weighted by Gasteiger charge is -2.36. The highest BCUT2D eigenvalue weighted by Crippen LogP contribution is 2.52. The van der Waals surface area contributed by atoms with Crippen LogP contribution in [0, 0.1) is 12.3 Å². The SMILES string of the molecule is Cc1ccc(C(C)C2(CCCCS(=O)(=O)O)CCCC2)cc1. The molecule has 3 nitrogen and oxygen atoms in total. The van der Waals surface area contributed by atoms with E-state index in [1.165, 1.54) is 36.8 Å². The zero-order valence-electron chi connectivity index (χ0n) is 13.7. The van der Waals surface area contributed by atoms with Crippen LogP contribution < -0.4 is 0 Å². The lowest BCUT2D eigenvalue weighted by Crippen LogP contribution is -2.24. The molecule has 0 radical (unpaired) electrons. The molecule has 1 saturated carbocycles. The molecule has 0 heterocycles. The van der Waals surface area contributed by atoms with Crippen molar-refractivity contribution in [1.29, 1.82) is 0 Å². The molecule has 0 bridgehead atoms. The van der Waals surface area contributed by atoms with Gasteiger partial charge in [0.1, 0.15) is 0 Å². The first-order valence-electron chi connectivity index (χ1n) is 8.34. The third-order valence-electron chi connectivity index (χ3n) is 5.42. The van der Waals surface area contributed by atoms with Crippen LogP contribution in [-0.2, 0) is 10.1 Å². The van der Waals surface area contributed by atoms with Crippen LogP contribution in [0.4, 0.5) is 0 Å². The van der Waals surface area contributed by atoms with Gasteiger partial charge in [0.15, 0.2) is 0 Å². The van der Waals surface area contributed by atoms with Crippen molar-refractivity contribution in [1.82, 2.24) is 0 Å². The first-order valence-corrected chi connectivity index (χ1v) is 9.95. The van der Waals surface area contributed by atoms with Gasteiger partial charge in [0, 0.05) is 0 Å². The van der Waals surface area contributed by atoms with Gasteiger partial charge in [-0.15, -0.1) is 0 Å².